The minimum absolute atomic E-state index is 0.0717. The second-order valence-electron chi connectivity index (χ2n) is 4.23. The molecule has 0 amide bonds. The Labute approximate surface area is 123 Å². The Balaban J connectivity index is 2.37. The van der Waals surface area contributed by atoms with E-state index in [1.807, 2.05) is 0 Å². The number of aromatic nitrogens is 2. The molecule has 102 valence electrons. The summed E-state index contributed by atoms with van der Waals surface area (Å²) in [5.41, 5.74) is 1.23. The van der Waals surface area contributed by atoms with E-state index in [0.29, 0.717) is 21.9 Å². The Morgan fingerprint density at radius 3 is 2.65 bits per heavy atom. The minimum Gasteiger partial charge on any atom is -0.292 e. The molecular weight excluding hydrogens is 305 g/mol. The fourth-order valence-corrected chi connectivity index (χ4v) is 2.46. The zero-order chi connectivity index (χ0) is 14.3. The Hall–Kier alpha value is -1.65. The number of fused-ring (bicyclic) bond motifs is 1. The number of halogens is 4. The molecule has 3 aromatic rings. The molecule has 3 rings (SSSR count). The van der Waals surface area contributed by atoms with E-state index < -0.39 is 11.6 Å². The summed E-state index contributed by atoms with van der Waals surface area (Å²) in [7, 11) is 0. The van der Waals surface area contributed by atoms with E-state index in [-0.39, 0.29) is 11.6 Å². The van der Waals surface area contributed by atoms with Crippen molar-refractivity contribution in [2.45, 2.75) is 5.88 Å². The summed E-state index contributed by atoms with van der Waals surface area (Å²) in [6.07, 6.45) is 0. The monoisotopic (exact) mass is 312 g/mol. The third-order valence-corrected chi connectivity index (χ3v) is 3.43. The average Bonchev–Trinajstić information content (AvgIpc) is 2.78. The van der Waals surface area contributed by atoms with Gasteiger partial charge in [-0.15, -0.1) is 11.6 Å². The summed E-state index contributed by atoms with van der Waals surface area (Å²) in [4.78, 5) is 4.22. The van der Waals surface area contributed by atoms with Crippen LogP contribution in [0.25, 0.3) is 16.7 Å². The Kier molecular flexibility index (Phi) is 3.36. The zero-order valence-electron chi connectivity index (χ0n) is 10.1. The number of hydrogen-bond donors (Lipinski definition) is 0. The van der Waals surface area contributed by atoms with Crippen LogP contribution in [0.15, 0.2) is 36.4 Å². The van der Waals surface area contributed by atoms with Gasteiger partial charge in [-0.1, -0.05) is 11.6 Å². The van der Waals surface area contributed by atoms with Crippen LogP contribution in [0.4, 0.5) is 8.78 Å². The third kappa shape index (κ3) is 2.15. The lowest BCUT2D eigenvalue weighted by molar-refractivity contribution is 0.617. The first kappa shape index (κ1) is 13.3. The van der Waals surface area contributed by atoms with Gasteiger partial charge in [0.2, 0.25) is 0 Å². The Morgan fingerprint density at radius 2 is 1.90 bits per heavy atom. The number of nitrogens with zero attached hydrogens (tertiary/aromatic N) is 2. The first-order chi connectivity index (χ1) is 9.60. The van der Waals surface area contributed by atoms with Gasteiger partial charge in [-0.05, 0) is 30.3 Å². The van der Waals surface area contributed by atoms with Crippen molar-refractivity contribution < 1.29 is 8.78 Å². The summed E-state index contributed by atoms with van der Waals surface area (Å²) in [6.45, 7) is 0. The number of rotatable bonds is 2. The average molecular weight is 313 g/mol. The van der Waals surface area contributed by atoms with E-state index in [1.165, 1.54) is 36.4 Å². The number of alkyl halides is 1. The molecule has 0 bridgehead atoms. The SMILES string of the molecule is Fc1ccc2c(c1)nc(CCl)n2-c1cc(Cl)ccc1F. The highest BCUT2D eigenvalue weighted by molar-refractivity contribution is 6.30. The third-order valence-electron chi connectivity index (χ3n) is 2.95. The first-order valence-corrected chi connectivity index (χ1v) is 6.69. The standard InChI is InChI=1S/C14H8Cl2F2N2/c15-7-14-19-11-6-9(17)2-4-12(11)20(14)13-5-8(16)1-3-10(13)18/h1-6H,7H2. The van der Waals surface area contributed by atoms with E-state index in [2.05, 4.69) is 4.98 Å². The van der Waals surface area contributed by atoms with Crippen LogP contribution in [0.3, 0.4) is 0 Å². The first-order valence-electron chi connectivity index (χ1n) is 5.78. The van der Waals surface area contributed by atoms with Crippen molar-refractivity contribution >= 4 is 34.2 Å². The van der Waals surface area contributed by atoms with Crippen molar-refractivity contribution in [3.8, 4) is 5.69 Å². The molecule has 0 aliphatic rings. The van der Waals surface area contributed by atoms with Crippen LogP contribution < -0.4 is 0 Å². The van der Waals surface area contributed by atoms with Crippen molar-refractivity contribution in [3.05, 3.63) is 58.9 Å². The molecule has 0 unspecified atom stereocenters. The normalized spacial score (nSPS) is 11.2. The molecule has 0 radical (unpaired) electrons. The van der Waals surface area contributed by atoms with Crippen molar-refractivity contribution in [1.82, 2.24) is 9.55 Å². The summed E-state index contributed by atoms with van der Waals surface area (Å²) >= 11 is 11.8. The molecule has 6 heteroatoms. The molecule has 0 aliphatic heterocycles. The summed E-state index contributed by atoms with van der Waals surface area (Å²) in [5, 5.41) is 0.394. The summed E-state index contributed by atoms with van der Waals surface area (Å²) < 4.78 is 28.8. The molecular formula is C14H8Cl2F2N2. The van der Waals surface area contributed by atoms with Gasteiger partial charge in [0, 0.05) is 11.1 Å². The van der Waals surface area contributed by atoms with Crippen LogP contribution in [0.5, 0.6) is 0 Å². The van der Waals surface area contributed by atoms with Crippen LogP contribution in [0.1, 0.15) is 5.82 Å². The molecule has 2 aromatic carbocycles. The van der Waals surface area contributed by atoms with Crippen LogP contribution in [-0.2, 0) is 5.88 Å². The topological polar surface area (TPSA) is 17.8 Å². The van der Waals surface area contributed by atoms with E-state index in [4.69, 9.17) is 23.2 Å². The largest absolute Gasteiger partial charge is 0.292 e. The van der Waals surface area contributed by atoms with Gasteiger partial charge in [-0.2, -0.15) is 0 Å². The smallest absolute Gasteiger partial charge is 0.147 e. The quantitative estimate of drug-likeness (QED) is 0.627. The van der Waals surface area contributed by atoms with Crippen molar-refractivity contribution in [1.29, 1.82) is 0 Å². The van der Waals surface area contributed by atoms with Crippen LogP contribution >= 0.6 is 23.2 Å². The van der Waals surface area contributed by atoms with Gasteiger partial charge in [0.25, 0.3) is 0 Å². The van der Waals surface area contributed by atoms with E-state index in [1.54, 1.807) is 4.57 Å². The maximum absolute atomic E-state index is 14.0. The van der Waals surface area contributed by atoms with Crippen molar-refractivity contribution in [3.63, 3.8) is 0 Å². The van der Waals surface area contributed by atoms with Gasteiger partial charge in [0.15, 0.2) is 0 Å². The molecule has 0 saturated heterocycles. The van der Waals surface area contributed by atoms with Gasteiger partial charge in [-0.25, -0.2) is 13.8 Å². The Morgan fingerprint density at radius 1 is 1.10 bits per heavy atom. The highest BCUT2D eigenvalue weighted by Gasteiger charge is 2.15. The molecule has 0 aliphatic carbocycles. The second kappa shape index (κ2) is 5.04. The lowest BCUT2D eigenvalue weighted by Gasteiger charge is -2.09. The zero-order valence-corrected chi connectivity index (χ0v) is 11.6. The maximum Gasteiger partial charge on any atom is 0.147 e. The molecule has 0 saturated carbocycles. The van der Waals surface area contributed by atoms with Gasteiger partial charge >= 0.3 is 0 Å². The van der Waals surface area contributed by atoms with Crippen molar-refractivity contribution in [2.75, 3.05) is 0 Å². The number of benzene rings is 2. The van der Waals surface area contributed by atoms with Gasteiger partial charge < -0.3 is 0 Å². The predicted octanol–water partition coefficient (Wildman–Crippen LogP) is 4.70. The maximum atomic E-state index is 14.0. The highest BCUT2D eigenvalue weighted by Crippen LogP contribution is 2.27. The molecule has 0 spiro atoms. The van der Waals surface area contributed by atoms with Gasteiger partial charge in [-0.3, -0.25) is 4.57 Å². The molecule has 0 atom stereocenters. The highest BCUT2D eigenvalue weighted by atomic mass is 35.5. The molecule has 2 nitrogen and oxygen atoms in total. The second-order valence-corrected chi connectivity index (χ2v) is 4.93. The number of hydrogen-bond acceptors (Lipinski definition) is 1. The van der Waals surface area contributed by atoms with Crippen molar-refractivity contribution in [2.24, 2.45) is 0 Å². The van der Waals surface area contributed by atoms with Crippen LogP contribution in [0, 0.1) is 11.6 Å². The fraction of sp³-hybridized carbons (Fsp3) is 0.0714. The fourth-order valence-electron chi connectivity index (χ4n) is 2.12. The van der Waals surface area contributed by atoms with E-state index in [9.17, 15) is 8.78 Å². The molecule has 1 heterocycles. The van der Waals surface area contributed by atoms with E-state index >= 15 is 0 Å². The van der Waals surface area contributed by atoms with Gasteiger partial charge in [0.1, 0.15) is 17.5 Å². The lowest BCUT2D eigenvalue weighted by atomic mass is 10.2. The molecule has 0 fully saturated rings. The lowest BCUT2D eigenvalue weighted by Crippen LogP contribution is -2.02. The van der Waals surface area contributed by atoms with Gasteiger partial charge in [0.05, 0.1) is 22.6 Å². The Bertz CT molecular complexity index is 799. The van der Waals surface area contributed by atoms with Crippen LogP contribution in [-0.4, -0.2) is 9.55 Å². The van der Waals surface area contributed by atoms with Crippen LogP contribution in [0.2, 0.25) is 5.02 Å². The van der Waals surface area contributed by atoms with E-state index in [0.717, 1.165) is 0 Å². The molecule has 1 aromatic heterocycles. The molecule has 0 N–H and O–H groups in total. The molecule has 20 heavy (non-hydrogen) atoms. The predicted molar refractivity (Wildman–Crippen MR) is 75.6 cm³/mol. The summed E-state index contributed by atoms with van der Waals surface area (Å²) in [6, 6.07) is 8.32. The summed E-state index contributed by atoms with van der Waals surface area (Å²) in [5.74, 6) is -0.366. The minimum atomic E-state index is -0.454. The number of imidazole rings is 1.